The van der Waals surface area contributed by atoms with Crippen LogP contribution in [0.25, 0.3) is 16.8 Å². The molecular formula is C25H24ClN3O2. The number of allylic oxidation sites excluding steroid dienone is 1. The lowest BCUT2D eigenvalue weighted by Crippen LogP contribution is -2.16. The summed E-state index contributed by atoms with van der Waals surface area (Å²) in [6.45, 7) is 3.03. The predicted octanol–water partition coefficient (Wildman–Crippen LogP) is 5.53. The molecule has 3 aromatic rings. The summed E-state index contributed by atoms with van der Waals surface area (Å²) in [5.41, 5.74) is 13.6. The van der Waals surface area contributed by atoms with Gasteiger partial charge in [-0.1, -0.05) is 29.8 Å². The standard InChI is InChI=1S/C25H24ClN3O2/c1-15(27)25-20-8-2-16(17-3-9-23-24(13-17)31-14-30-23)12-21(20)22(10-11-28-25)29-19-6-4-18(26)5-7-19/h2-9,12-13,22,28-29H,10-11,14,27H2,1H3/b25-15-. The molecule has 0 radical (unpaired) electrons. The number of anilines is 1. The Morgan fingerprint density at radius 2 is 1.74 bits per heavy atom. The van der Waals surface area contributed by atoms with E-state index in [4.69, 9.17) is 26.8 Å². The van der Waals surface area contributed by atoms with E-state index in [0.717, 1.165) is 63.3 Å². The molecule has 0 spiro atoms. The molecule has 0 amide bonds. The second-order valence-corrected chi connectivity index (χ2v) is 8.28. The maximum absolute atomic E-state index is 6.23. The summed E-state index contributed by atoms with van der Waals surface area (Å²) in [5, 5.41) is 7.91. The zero-order chi connectivity index (χ0) is 21.4. The highest BCUT2D eigenvalue weighted by Crippen LogP contribution is 2.39. The Bertz CT molecular complexity index is 1150. The minimum Gasteiger partial charge on any atom is -0.454 e. The summed E-state index contributed by atoms with van der Waals surface area (Å²) < 4.78 is 11.0. The number of hydrogen-bond donors (Lipinski definition) is 3. The third-order valence-electron chi connectivity index (χ3n) is 5.72. The first kappa shape index (κ1) is 19.6. The van der Waals surface area contributed by atoms with E-state index in [9.17, 15) is 0 Å². The van der Waals surface area contributed by atoms with Crippen molar-refractivity contribution in [3.63, 3.8) is 0 Å². The summed E-state index contributed by atoms with van der Waals surface area (Å²) in [7, 11) is 0. The van der Waals surface area contributed by atoms with Gasteiger partial charge < -0.3 is 25.8 Å². The fraction of sp³-hybridized carbons (Fsp3) is 0.200. The van der Waals surface area contributed by atoms with Gasteiger partial charge in [0.15, 0.2) is 11.5 Å². The van der Waals surface area contributed by atoms with E-state index in [1.807, 2.05) is 43.3 Å². The number of nitrogens with one attached hydrogen (secondary N) is 2. The van der Waals surface area contributed by atoms with Crippen LogP contribution in [0.2, 0.25) is 5.02 Å². The average Bonchev–Trinajstić information content (AvgIpc) is 3.17. The Morgan fingerprint density at radius 3 is 2.55 bits per heavy atom. The summed E-state index contributed by atoms with van der Waals surface area (Å²) in [6, 6.07) is 20.5. The summed E-state index contributed by atoms with van der Waals surface area (Å²) in [6.07, 6.45) is 0.914. The van der Waals surface area contributed by atoms with Crippen LogP contribution in [0.3, 0.4) is 0 Å². The minimum absolute atomic E-state index is 0.120. The third-order valence-corrected chi connectivity index (χ3v) is 5.97. The van der Waals surface area contributed by atoms with Crippen molar-refractivity contribution in [2.24, 2.45) is 5.73 Å². The highest BCUT2D eigenvalue weighted by molar-refractivity contribution is 6.30. The molecule has 0 saturated heterocycles. The van der Waals surface area contributed by atoms with E-state index in [1.165, 1.54) is 5.56 Å². The van der Waals surface area contributed by atoms with E-state index in [2.05, 4.69) is 34.9 Å². The van der Waals surface area contributed by atoms with Crippen molar-refractivity contribution in [1.82, 2.24) is 5.32 Å². The Labute approximate surface area is 186 Å². The summed E-state index contributed by atoms with van der Waals surface area (Å²) in [5.74, 6) is 1.57. The van der Waals surface area contributed by atoms with Gasteiger partial charge in [-0.2, -0.15) is 0 Å². The van der Waals surface area contributed by atoms with Gasteiger partial charge in [-0.15, -0.1) is 0 Å². The van der Waals surface area contributed by atoms with Crippen molar-refractivity contribution in [2.45, 2.75) is 19.4 Å². The molecule has 1 unspecified atom stereocenters. The van der Waals surface area contributed by atoms with E-state index in [0.29, 0.717) is 0 Å². The summed E-state index contributed by atoms with van der Waals surface area (Å²) in [4.78, 5) is 0. The molecular weight excluding hydrogens is 410 g/mol. The summed E-state index contributed by atoms with van der Waals surface area (Å²) >= 11 is 6.07. The Morgan fingerprint density at radius 1 is 1.00 bits per heavy atom. The second kappa shape index (κ2) is 8.08. The number of rotatable bonds is 3. The van der Waals surface area contributed by atoms with Crippen LogP contribution in [0, 0.1) is 0 Å². The smallest absolute Gasteiger partial charge is 0.231 e. The molecule has 0 saturated carbocycles. The van der Waals surface area contributed by atoms with Crippen LogP contribution in [0.1, 0.15) is 30.5 Å². The number of nitrogens with two attached hydrogens (primary N) is 1. The fourth-order valence-corrected chi connectivity index (χ4v) is 4.30. The molecule has 0 fully saturated rings. The average molecular weight is 434 g/mol. The number of ether oxygens (including phenoxy) is 2. The van der Waals surface area contributed by atoms with Crippen molar-refractivity contribution < 1.29 is 9.47 Å². The molecule has 31 heavy (non-hydrogen) atoms. The maximum Gasteiger partial charge on any atom is 0.231 e. The zero-order valence-corrected chi connectivity index (χ0v) is 18.0. The molecule has 0 aromatic heterocycles. The van der Waals surface area contributed by atoms with Crippen LogP contribution in [0.5, 0.6) is 11.5 Å². The highest BCUT2D eigenvalue weighted by atomic mass is 35.5. The first-order valence-corrected chi connectivity index (χ1v) is 10.7. The van der Waals surface area contributed by atoms with Crippen molar-refractivity contribution in [3.8, 4) is 22.6 Å². The molecule has 2 aliphatic rings. The molecule has 3 aromatic carbocycles. The molecule has 5 nitrogen and oxygen atoms in total. The number of halogens is 1. The van der Waals surface area contributed by atoms with Gasteiger partial charge in [0.2, 0.25) is 6.79 Å². The molecule has 6 heteroatoms. The van der Waals surface area contributed by atoms with Gasteiger partial charge >= 0.3 is 0 Å². The first-order chi connectivity index (χ1) is 15.1. The molecule has 0 bridgehead atoms. The van der Waals surface area contributed by atoms with E-state index in [1.54, 1.807) is 0 Å². The van der Waals surface area contributed by atoms with E-state index >= 15 is 0 Å². The lowest BCUT2D eigenvalue weighted by molar-refractivity contribution is 0.174. The molecule has 2 heterocycles. The van der Waals surface area contributed by atoms with Gasteiger partial charge in [0.05, 0.1) is 11.7 Å². The zero-order valence-electron chi connectivity index (χ0n) is 17.2. The lowest BCUT2D eigenvalue weighted by atomic mass is 9.92. The molecule has 1 atom stereocenters. The quantitative estimate of drug-likeness (QED) is 0.506. The number of benzene rings is 3. The predicted molar refractivity (Wildman–Crippen MR) is 125 cm³/mol. The monoisotopic (exact) mass is 433 g/mol. The minimum atomic E-state index is 0.120. The molecule has 2 aliphatic heterocycles. The van der Waals surface area contributed by atoms with Crippen LogP contribution in [-0.2, 0) is 0 Å². The largest absolute Gasteiger partial charge is 0.454 e. The van der Waals surface area contributed by atoms with Gasteiger partial charge in [0, 0.05) is 28.5 Å². The molecule has 4 N–H and O–H groups in total. The van der Waals surface area contributed by atoms with Gasteiger partial charge in [-0.3, -0.25) is 0 Å². The van der Waals surface area contributed by atoms with Crippen molar-refractivity contribution in [3.05, 3.63) is 82.5 Å². The third kappa shape index (κ3) is 3.89. The normalized spacial score (nSPS) is 18.6. The Kier molecular flexibility index (Phi) is 5.12. The highest BCUT2D eigenvalue weighted by Gasteiger charge is 2.23. The maximum atomic E-state index is 6.23. The molecule has 0 aliphatic carbocycles. The first-order valence-electron chi connectivity index (χ1n) is 10.3. The molecule has 158 valence electrons. The fourth-order valence-electron chi connectivity index (χ4n) is 4.18. The van der Waals surface area contributed by atoms with Crippen LogP contribution in [0.15, 0.2) is 66.4 Å². The SMILES string of the molecule is C/C(N)=C1/NCCC(Nc2ccc(Cl)cc2)c2cc(-c3ccc4c(c3)OCO4)ccc21. The van der Waals surface area contributed by atoms with Crippen LogP contribution in [-0.4, -0.2) is 13.3 Å². The number of fused-ring (bicyclic) bond motifs is 2. The van der Waals surface area contributed by atoms with E-state index in [-0.39, 0.29) is 12.8 Å². The molecule has 5 rings (SSSR count). The van der Waals surface area contributed by atoms with Crippen molar-refractivity contribution in [1.29, 1.82) is 0 Å². The Hall–Kier alpha value is -3.31. The number of hydrogen-bond acceptors (Lipinski definition) is 5. The second-order valence-electron chi connectivity index (χ2n) is 7.85. The van der Waals surface area contributed by atoms with Crippen LogP contribution >= 0.6 is 11.6 Å². The van der Waals surface area contributed by atoms with Gasteiger partial charge in [-0.05, 0) is 72.5 Å². The van der Waals surface area contributed by atoms with Gasteiger partial charge in [0.25, 0.3) is 0 Å². The van der Waals surface area contributed by atoms with E-state index < -0.39 is 0 Å². The lowest BCUT2D eigenvalue weighted by Gasteiger charge is -2.21. The Balaban J connectivity index is 1.58. The van der Waals surface area contributed by atoms with Gasteiger partial charge in [0.1, 0.15) is 0 Å². The topological polar surface area (TPSA) is 68.5 Å². The van der Waals surface area contributed by atoms with Crippen molar-refractivity contribution >= 4 is 23.0 Å². The van der Waals surface area contributed by atoms with Crippen LogP contribution in [0.4, 0.5) is 5.69 Å². The van der Waals surface area contributed by atoms with Gasteiger partial charge in [-0.25, -0.2) is 0 Å². The van der Waals surface area contributed by atoms with Crippen LogP contribution < -0.4 is 25.8 Å². The van der Waals surface area contributed by atoms with Crippen molar-refractivity contribution in [2.75, 3.05) is 18.7 Å².